The van der Waals surface area contributed by atoms with E-state index >= 15 is 0 Å². The van der Waals surface area contributed by atoms with Gasteiger partial charge in [0.1, 0.15) is 11.6 Å². The van der Waals surface area contributed by atoms with Crippen LogP contribution >= 0.6 is 11.8 Å². The molecular formula is C13H18N4O2S. The van der Waals surface area contributed by atoms with E-state index in [1.54, 1.807) is 12.3 Å². The number of nitrogens with zero attached hydrogens (tertiary/aromatic N) is 3. The molecule has 0 aromatic carbocycles. The van der Waals surface area contributed by atoms with E-state index in [9.17, 15) is 4.79 Å². The zero-order valence-electron chi connectivity index (χ0n) is 11.8. The maximum absolute atomic E-state index is 11.8. The minimum atomic E-state index is -0.0534. The van der Waals surface area contributed by atoms with Gasteiger partial charge in [0.2, 0.25) is 5.91 Å². The highest BCUT2D eigenvalue weighted by molar-refractivity contribution is 7.99. The first-order chi connectivity index (χ1) is 9.58. The maximum Gasteiger partial charge on any atom is 0.230 e. The molecule has 6 nitrogen and oxygen atoms in total. The molecule has 0 radical (unpaired) electrons. The van der Waals surface area contributed by atoms with Crippen LogP contribution in [0.1, 0.15) is 31.5 Å². The van der Waals surface area contributed by atoms with Gasteiger partial charge in [-0.3, -0.25) is 4.79 Å². The maximum atomic E-state index is 11.8. The third kappa shape index (κ3) is 3.63. The van der Waals surface area contributed by atoms with Gasteiger partial charge in [0.15, 0.2) is 5.16 Å². The van der Waals surface area contributed by atoms with Gasteiger partial charge in [-0.15, -0.1) is 10.2 Å². The SMILES string of the molecule is Cc1nnc(SCC(=O)NCc2ccco2)n1C(C)C. The predicted octanol–water partition coefficient (Wildman–Crippen LogP) is 2.17. The van der Waals surface area contributed by atoms with E-state index in [0.717, 1.165) is 16.7 Å². The van der Waals surface area contributed by atoms with Crippen LogP contribution in [0.2, 0.25) is 0 Å². The monoisotopic (exact) mass is 294 g/mol. The fourth-order valence-corrected chi connectivity index (χ4v) is 2.77. The van der Waals surface area contributed by atoms with Crippen LogP contribution in [0, 0.1) is 6.92 Å². The molecule has 108 valence electrons. The predicted molar refractivity (Wildman–Crippen MR) is 76.4 cm³/mol. The van der Waals surface area contributed by atoms with Gasteiger partial charge in [-0.05, 0) is 32.9 Å². The van der Waals surface area contributed by atoms with Crippen LogP contribution in [-0.2, 0) is 11.3 Å². The largest absolute Gasteiger partial charge is 0.467 e. The highest BCUT2D eigenvalue weighted by Gasteiger charge is 2.13. The number of hydrogen-bond acceptors (Lipinski definition) is 5. The van der Waals surface area contributed by atoms with Gasteiger partial charge < -0.3 is 14.3 Å². The summed E-state index contributed by atoms with van der Waals surface area (Å²) in [5.74, 6) is 1.86. The van der Waals surface area contributed by atoms with Crippen LogP contribution in [0.25, 0.3) is 0 Å². The average Bonchev–Trinajstić information content (AvgIpc) is 3.03. The Bertz CT molecular complexity index is 563. The Labute approximate surface area is 121 Å². The van der Waals surface area contributed by atoms with Crippen molar-refractivity contribution in [3.63, 3.8) is 0 Å². The molecule has 0 aliphatic heterocycles. The van der Waals surface area contributed by atoms with Gasteiger partial charge in [0.05, 0.1) is 18.6 Å². The number of nitrogens with one attached hydrogen (secondary N) is 1. The van der Waals surface area contributed by atoms with E-state index in [4.69, 9.17) is 4.42 Å². The zero-order valence-corrected chi connectivity index (χ0v) is 12.6. The summed E-state index contributed by atoms with van der Waals surface area (Å²) in [5.41, 5.74) is 0. The number of hydrogen-bond donors (Lipinski definition) is 1. The van der Waals surface area contributed by atoms with E-state index in [-0.39, 0.29) is 11.9 Å². The van der Waals surface area contributed by atoms with E-state index in [0.29, 0.717) is 12.3 Å². The van der Waals surface area contributed by atoms with E-state index < -0.39 is 0 Å². The molecule has 7 heteroatoms. The second-order valence-corrected chi connectivity index (χ2v) is 5.58. The summed E-state index contributed by atoms with van der Waals surface area (Å²) < 4.78 is 7.17. The first kappa shape index (κ1) is 14.6. The normalized spacial score (nSPS) is 11.0. The van der Waals surface area contributed by atoms with Crippen molar-refractivity contribution in [2.24, 2.45) is 0 Å². The molecule has 0 atom stereocenters. The summed E-state index contributed by atoms with van der Waals surface area (Å²) in [4.78, 5) is 11.8. The molecule has 0 unspecified atom stereocenters. The van der Waals surface area contributed by atoms with Gasteiger partial charge >= 0.3 is 0 Å². The number of carbonyl (C=O) groups excluding carboxylic acids is 1. The van der Waals surface area contributed by atoms with Crippen molar-refractivity contribution in [1.29, 1.82) is 0 Å². The molecule has 0 bridgehead atoms. The fourth-order valence-electron chi connectivity index (χ4n) is 1.82. The highest BCUT2D eigenvalue weighted by atomic mass is 32.2. The number of aryl methyl sites for hydroxylation is 1. The molecule has 2 rings (SSSR count). The summed E-state index contributed by atoms with van der Waals surface area (Å²) in [6.07, 6.45) is 1.59. The third-order valence-corrected chi connectivity index (χ3v) is 3.67. The number of carbonyl (C=O) groups is 1. The van der Waals surface area contributed by atoms with Gasteiger partial charge in [-0.25, -0.2) is 0 Å². The smallest absolute Gasteiger partial charge is 0.230 e. The lowest BCUT2D eigenvalue weighted by atomic mass is 10.4. The van der Waals surface area contributed by atoms with Crippen molar-refractivity contribution in [3.8, 4) is 0 Å². The van der Waals surface area contributed by atoms with Gasteiger partial charge in [0, 0.05) is 6.04 Å². The molecule has 1 N–H and O–H groups in total. The molecule has 0 saturated heterocycles. The molecule has 2 aromatic rings. The lowest BCUT2D eigenvalue weighted by Crippen LogP contribution is -2.24. The molecule has 0 spiro atoms. The molecular weight excluding hydrogens is 276 g/mol. The van der Waals surface area contributed by atoms with E-state index in [1.165, 1.54) is 11.8 Å². The quantitative estimate of drug-likeness (QED) is 0.827. The minimum absolute atomic E-state index is 0.0534. The summed E-state index contributed by atoms with van der Waals surface area (Å²) in [5, 5.41) is 11.7. The summed E-state index contributed by atoms with van der Waals surface area (Å²) in [7, 11) is 0. The Morgan fingerprint density at radius 1 is 1.50 bits per heavy atom. The standard InChI is InChI=1S/C13H18N4O2S/c1-9(2)17-10(3)15-16-13(17)20-8-12(18)14-7-11-5-4-6-19-11/h4-6,9H,7-8H2,1-3H3,(H,14,18). The lowest BCUT2D eigenvalue weighted by molar-refractivity contribution is -0.118. The zero-order chi connectivity index (χ0) is 14.5. The molecule has 0 aliphatic carbocycles. The van der Waals surface area contributed by atoms with Crippen LogP contribution in [0.3, 0.4) is 0 Å². The number of rotatable bonds is 6. The van der Waals surface area contributed by atoms with Crippen LogP contribution in [0.4, 0.5) is 0 Å². The molecule has 20 heavy (non-hydrogen) atoms. The van der Waals surface area contributed by atoms with Crippen molar-refractivity contribution in [1.82, 2.24) is 20.1 Å². The van der Waals surface area contributed by atoms with E-state index in [2.05, 4.69) is 29.4 Å². The van der Waals surface area contributed by atoms with Crippen molar-refractivity contribution in [2.75, 3.05) is 5.75 Å². The van der Waals surface area contributed by atoms with Crippen LogP contribution < -0.4 is 5.32 Å². The number of amides is 1. The van der Waals surface area contributed by atoms with Crippen LogP contribution in [-0.4, -0.2) is 26.4 Å². The molecule has 2 heterocycles. The number of furan rings is 1. The third-order valence-electron chi connectivity index (χ3n) is 2.72. The van der Waals surface area contributed by atoms with Gasteiger partial charge in [-0.2, -0.15) is 0 Å². The number of thioether (sulfide) groups is 1. The van der Waals surface area contributed by atoms with E-state index in [1.807, 2.05) is 17.6 Å². The number of aromatic nitrogens is 3. The molecule has 0 fully saturated rings. The molecule has 1 amide bonds. The Morgan fingerprint density at radius 3 is 2.95 bits per heavy atom. The Hall–Kier alpha value is -1.76. The Morgan fingerprint density at radius 2 is 2.30 bits per heavy atom. The highest BCUT2D eigenvalue weighted by Crippen LogP contribution is 2.20. The summed E-state index contributed by atoms with van der Waals surface area (Å²) >= 11 is 1.39. The van der Waals surface area contributed by atoms with Crippen molar-refractivity contribution < 1.29 is 9.21 Å². The summed E-state index contributed by atoms with van der Waals surface area (Å²) in [6, 6.07) is 3.90. The topological polar surface area (TPSA) is 73.0 Å². The van der Waals surface area contributed by atoms with Gasteiger partial charge in [0.25, 0.3) is 0 Å². The molecule has 0 aliphatic rings. The van der Waals surface area contributed by atoms with Crippen LogP contribution in [0.15, 0.2) is 28.0 Å². The lowest BCUT2D eigenvalue weighted by Gasteiger charge is -2.11. The fraction of sp³-hybridized carbons (Fsp3) is 0.462. The minimum Gasteiger partial charge on any atom is -0.467 e. The summed E-state index contributed by atoms with van der Waals surface area (Å²) in [6.45, 7) is 6.45. The Kier molecular flexibility index (Phi) is 4.84. The molecule has 2 aromatic heterocycles. The first-order valence-electron chi connectivity index (χ1n) is 6.41. The Balaban J connectivity index is 1.84. The second-order valence-electron chi connectivity index (χ2n) is 4.64. The molecule has 0 saturated carbocycles. The average molecular weight is 294 g/mol. The second kappa shape index (κ2) is 6.60. The van der Waals surface area contributed by atoms with Crippen LogP contribution in [0.5, 0.6) is 0 Å². The van der Waals surface area contributed by atoms with Crippen molar-refractivity contribution in [3.05, 3.63) is 30.0 Å². The van der Waals surface area contributed by atoms with Crippen molar-refractivity contribution >= 4 is 17.7 Å². The van der Waals surface area contributed by atoms with Crippen molar-refractivity contribution in [2.45, 2.75) is 38.5 Å². The van der Waals surface area contributed by atoms with Gasteiger partial charge in [-0.1, -0.05) is 11.8 Å². The first-order valence-corrected chi connectivity index (χ1v) is 7.40.